The molecule has 20 heavy (non-hydrogen) atoms. The molecule has 2 N–H and O–H groups in total. The maximum Gasteiger partial charge on any atom is 0.0478 e. The third-order valence-corrected chi connectivity index (χ3v) is 5.16. The second kappa shape index (κ2) is 6.25. The zero-order valence-corrected chi connectivity index (χ0v) is 12.5. The first-order valence-electron chi connectivity index (χ1n) is 7.99. The summed E-state index contributed by atoms with van der Waals surface area (Å²) < 4.78 is 0. The maximum absolute atomic E-state index is 6.01. The summed E-state index contributed by atoms with van der Waals surface area (Å²) in [5.41, 5.74) is 7.47. The Morgan fingerprint density at radius 3 is 2.70 bits per heavy atom. The fourth-order valence-electron chi connectivity index (χ4n) is 4.03. The third-order valence-electron chi connectivity index (χ3n) is 5.16. The lowest BCUT2D eigenvalue weighted by Gasteiger charge is -2.45. The second-order valence-electron chi connectivity index (χ2n) is 6.42. The molecular formula is C17H27N3. The number of rotatable bonds is 3. The molecule has 1 aromatic rings. The van der Waals surface area contributed by atoms with Gasteiger partial charge >= 0.3 is 0 Å². The summed E-state index contributed by atoms with van der Waals surface area (Å²) in [6, 6.07) is 12.2. The molecule has 1 saturated carbocycles. The first-order chi connectivity index (χ1) is 9.79. The average molecular weight is 273 g/mol. The lowest BCUT2D eigenvalue weighted by Crippen LogP contribution is -2.52. The maximum atomic E-state index is 6.01. The molecule has 3 heteroatoms. The minimum Gasteiger partial charge on any atom is -0.330 e. The van der Waals surface area contributed by atoms with Crippen LogP contribution in [0.2, 0.25) is 0 Å². The van der Waals surface area contributed by atoms with E-state index in [9.17, 15) is 0 Å². The van der Waals surface area contributed by atoms with Crippen molar-refractivity contribution < 1.29 is 0 Å². The molecular weight excluding hydrogens is 246 g/mol. The Morgan fingerprint density at radius 1 is 1.15 bits per heavy atom. The fourth-order valence-corrected chi connectivity index (χ4v) is 4.03. The van der Waals surface area contributed by atoms with Crippen molar-refractivity contribution in [1.29, 1.82) is 0 Å². The van der Waals surface area contributed by atoms with Gasteiger partial charge in [-0.3, -0.25) is 4.90 Å². The zero-order valence-electron chi connectivity index (χ0n) is 12.5. The van der Waals surface area contributed by atoms with E-state index in [0.29, 0.717) is 18.0 Å². The van der Waals surface area contributed by atoms with Crippen molar-refractivity contribution in [2.75, 3.05) is 33.2 Å². The molecule has 2 fully saturated rings. The van der Waals surface area contributed by atoms with Crippen LogP contribution in [0, 0.1) is 5.92 Å². The van der Waals surface area contributed by atoms with Crippen LogP contribution in [0.15, 0.2) is 30.3 Å². The monoisotopic (exact) mass is 273 g/mol. The van der Waals surface area contributed by atoms with E-state index in [1.807, 2.05) is 0 Å². The molecule has 1 heterocycles. The van der Waals surface area contributed by atoms with E-state index in [1.54, 1.807) is 0 Å². The van der Waals surface area contributed by atoms with E-state index in [1.165, 1.54) is 37.9 Å². The number of hydrogen-bond acceptors (Lipinski definition) is 3. The number of nitrogens with two attached hydrogens (primary N) is 1. The van der Waals surface area contributed by atoms with Gasteiger partial charge in [-0.2, -0.15) is 0 Å². The van der Waals surface area contributed by atoms with Gasteiger partial charge in [0, 0.05) is 31.7 Å². The molecule has 1 aromatic carbocycles. The van der Waals surface area contributed by atoms with E-state index in [-0.39, 0.29) is 0 Å². The van der Waals surface area contributed by atoms with Crippen molar-refractivity contribution >= 4 is 0 Å². The van der Waals surface area contributed by atoms with Gasteiger partial charge in [0.05, 0.1) is 0 Å². The SMILES string of the molecule is CN1CCN(C2CCCC2CN)C(c2ccccc2)C1. The minimum absolute atomic E-state index is 0.534. The Kier molecular flexibility index (Phi) is 4.39. The molecule has 3 atom stereocenters. The summed E-state index contributed by atoms with van der Waals surface area (Å²) in [5, 5.41) is 0. The summed E-state index contributed by atoms with van der Waals surface area (Å²) in [4.78, 5) is 5.21. The van der Waals surface area contributed by atoms with Crippen molar-refractivity contribution in [3.8, 4) is 0 Å². The van der Waals surface area contributed by atoms with E-state index >= 15 is 0 Å². The molecule has 3 unspecified atom stereocenters. The number of likely N-dealkylation sites (N-methyl/N-ethyl adjacent to an activating group) is 1. The third kappa shape index (κ3) is 2.76. The van der Waals surface area contributed by atoms with Crippen LogP contribution in [0.25, 0.3) is 0 Å². The summed E-state index contributed by atoms with van der Waals surface area (Å²) in [6.45, 7) is 4.34. The molecule has 1 saturated heterocycles. The first kappa shape index (κ1) is 14.1. The predicted octanol–water partition coefficient (Wildman–Crippen LogP) is 2.10. The molecule has 110 valence electrons. The number of benzene rings is 1. The van der Waals surface area contributed by atoms with Crippen molar-refractivity contribution in [2.24, 2.45) is 11.7 Å². The molecule has 0 amide bonds. The minimum atomic E-state index is 0.534. The second-order valence-corrected chi connectivity index (χ2v) is 6.42. The molecule has 2 aliphatic rings. The van der Waals surface area contributed by atoms with Gasteiger partial charge in [0.25, 0.3) is 0 Å². The van der Waals surface area contributed by atoms with Crippen LogP contribution in [-0.2, 0) is 0 Å². The van der Waals surface area contributed by atoms with Crippen LogP contribution < -0.4 is 5.73 Å². The Balaban J connectivity index is 1.83. The van der Waals surface area contributed by atoms with Crippen LogP contribution in [0.5, 0.6) is 0 Å². The van der Waals surface area contributed by atoms with Gasteiger partial charge in [-0.05, 0) is 37.9 Å². The van der Waals surface area contributed by atoms with Crippen molar-refractivity contribution in [3.05, 3.63) is 35.9 Å². The van der Waals surface area contributed by atoms with E-state index in [4.69, 9.17) is 5.73 Å². The van der Waals surface area contributed by atoms with Gasteiger partial charge in [-0.25, -0.2) is 0 Å². The highest BCUT2D eigenvalue weighted by molar-refractivity contribution is 5.20. The van der Waals surface area contributed by atoms with Crippen LogP contribution in [0.3, 0.4) is 0 Å². The Bertz CT molecular complexity index is 420. The molecule has 0 radical (unpaired) electrons. The van der Waals surface area contributed by atoms with Crippen LogP contribution in [0.1, 0.15) is 30.9 Å². The lowest BCUT2D eigenvalue weighted by atomic mass is 9.95. The van der Waals surface area contributed by atoms with E-state index in [0.717, 1.165) is 13.1 Å². The van der Waals surface area contributed by atoms with Crippen molar-refractivity contribution in [1.82, 2.24) is 9.80 Å². The topological polar surface area (TPSA) is 32.5 Å². The predicted molar refractivity (Wildman–Crippen MR) is 83.6 cm³/mol. The summed E-state index contributed by atoms with van der Waals surface area (Å²) >= 11 is 0. The summed E-state index contributed by atoms with van der Waals surface area (Å²) in [6.07, 6.45) is 3.99. The highest BCUT2D eigenvalue weighted by Crippen LogP contribution is 2.36. The summed E-state index contributed by atoms with van der Waals surface area (Å²) in [5.74, 6) is 0.699. The largest absolute Gasteiger partial charge is 0.330 e. The normalized spacial score (nSPS) is 32.6. The number of piperazine rings is 1. The number of hydrogen-bond donors (Lipinski definition) is 1. The molecule has 0 spiro atoms. The van der Waals surface area contributed by atoms with E-state index < -0.39 is 0 Å². The van der Waals surface area contributed by atoms with Gasteiger partial charge in [0.2, 0.25) is 0 Å². The van der Waals surface area contributed by atoms with Gasteiger partial charge in [0.1, 0.15) is 0 Å². The van der Waals surface area contributed by atoms with Gasteiger partial charge in [-0.15, -0.1) is 0 Å². The first-order valence-corrected chi connectivity index (χ1v) is 7.99. The van der Waals surface area contributed by atoms with Crippen molar-refractivity contribution in [2.45, 2.75) is 31.3 Å². The van der Waals surface area contributed by atoms with E-state index in [2.05, 4.69) is 47.2 Å². The standard InChI is InChI=1S/C17H27N3/c1-19-10-11-20(16-9-5-8-15(16)12-18)17(13-19)14-6-3-2-4-7-14/h2-4,6-7,15-17H,5,8-13,18H2,1H3. The smallest absolute Gasteiger partial charge is 0.0478 e. The molecule has 1 aliphatic heterocycles. The lowest BCUT2D eigenvalue weighted by molar-refractivity contribution is 0.0375. The quantitative estimate of drug-likeness (QED) is 0.915. The summed E-state index contributed by atoms with van der Waals surface area (Å²) in [7, 11) is 2.24. The van der Waals surface area contributed by atoms with Gasteiger partial charge < -0.3 is 10.6 Å². The molecule has 3 rings (SSSR count). The molecule has 3 nitrogen and oxygen atoms in total. The Labute approximate surface area is 122 Å². The Morgan fingerprint density at radius 2 is 1.95 bits per heavy atom. The molecule has 1 aliphatic carbocycles. The highest BCUT2D eigenvalue weighted by atomic mass is 15.3. The van der Waals surface area contributed by atoms with Gasteiger partial charge in [-0.1, -0.05) is 36.8 Å². The average Bonchev–Trinajstić information content (AvgIpc) is 2.96. The van der Waals surface area contributed by atoms with Crippen LogP contribution >= 0.6 is 0 Å². The number of nitrogens with zero attached hydrogens (tertiary/aromatic N) is 2. The van der Waals surface area contributed by atoms with Crippen LogP contribution in [-0.4, -0.2) is 49.1 Å². The van der Waals surface area contributed by atoms with Crippen molar-refractivity contribution in [3.63, 3.8) is 0 Å². The zero-order chi connectivity index (χ0) is 13.9. The Hall–Kier alpha value is -0.900. The van der Waals surface area contributed by atoms with Crippen LogP contribution in [0.4, 0.5) is 0 Å². The van der Waals surface area contributed by atoms with Gasteiger partial charge in [0.15, 0.2) is 0 Å². The highest BCUT2D eigenvalue weighted by Gasteiger charge is 2.37. The molecule has 0 aromatic heterocycles. The molecule has 0 bridgehead atoms. The fraction of sp³-hybridized carbons (Fsp3) is 0.647.